The summed E-state index contributed by atoms with van der Waals surface area (Å²) in [5.41, 5.74) is 3.42. The van der Waals surface area contributed by atoms with Gasteiger partial charge in [0, 0.05) is 6.07 Å². The van der Waals surface area contributed by atoms with Gasteiger partial charge in [-0.05, 0) is 28.8 Å². The molecule has 0 amide bonds. The Morgan fingerprint density at radius 2 is 1.57 bits per heavy atom. The molecule has 1 heterocycles. The lowest BCUT2D eigenvalue weighted by atomic mass is 10.0. The maximum absolute atomic E-state index is 12.3. The fraction of sp³-hybridized carbons (Fsp3) is 0.0952. The molecule has 0 fully saturated rings. The Morgan fingerprint density at radius 3 is 2.25 bits per heavy atom. The van der Waals surface area contributed by atoms with Gasteiger partial charge in [-0.25, -0.2) is 4.79 Å². The lowest BCUT2D eigenvalue weighted by molar-refractivity contribution is -0.274. The summed E-state index contributed by atoms with van der Waals surface area (Å²) >= 11 is 0. The van der Waals surface area contributed by atoms with Crippen LogP contribution in [0.15, 0.2) is 82.0 Å². The molecule has 1 aromatic heterocycles. The van der Waals surface area contributed by atoms with E-state index in [1.165, 1.54) is 10.6 Å². The molecule has 4 nitrogen and oxygen atoms in total. The molecule has 0 aliphatic rings. The number of benzene rings is 3. The van der Waals surface area contributed by atoms with E-state index in [4.69, 9.17) is 4.42 Å². The van der Waals surface area contributed by atoms with Gasteiger partial charge in [-0.15, -0.1) is 13.2 Å². The average molecular weight is 385 g/mol. The van der Waals surface area contributed by atoms with Crippen LogP contribution in [-0.2, 0) is 6.54 Å². The standard InChI is InChI=1S/C21H14F3NO3/c22-21(23,24)28-17-10-11-18-19(12-17)27-20(26)25(18)13-14-6-8-16(9-7-14)15-4-2-1-3-5-15/h1-12H,13H2. The zero-order valence-electron chi connectivity index (χ0n) is 14.4. The summed E-state index contributed by atoms with van der Waals surface area (Å²) < 4.78 is 47.4. The lowest BCUT2D eigenvalue weighted by Gasteiger charge is -2.08. The molecule has 3 aromatic carbocycles. The van der Waals surface area contributed by atoms with Crippen LogP contribution in [0.5, 0.6) is 5.75 Å². The first kappa shape index (κ1) is 17.9. The summed E-state index contributed by atoms with van der Waals surface area (Å²) in [6.07, 6.45) is -4.81. The highest BCUT2D eigenvalue weighted by atomic mass is 19.4. The van der Waals surface area contributed by atoms with Crippen molar-refractivity contribution in [1.29, 1.82) is 0 Å². The molecule has 7 heteroatoms. The van der Waals surface area contributed by atoms with Crippen LogP contribution in [0.3, 0.4) is 0 Å². The molecule has 28 heavy (non-hydrogen) atoms. The summed E-state index contributed by atoms with van der Waals surface area (Å²) in [4.78, 5) is 12.2. The minimum Gasteiger partial charge on any atom is -0.408 e. The van der Waals surface area contributed by atoms with Crippen LogP contribution in [0.1, 0.15) is 5.56 Å². The summed E-state index contributed by atoms with van der Waals surface area (Å²) in [5.74, 6) is -1.08. The fourth-order valence-corrected chi connectivity index (χ4v) is 3.01. The molecule has 0 aliphatic heterocycles. The Hall–Kier alpha value is -3.48. The molecular formula is C21H14F3NO3. The van der Waals surface area contributed by atoms with Crippen molar-refractivity contribution in [3.05, 3.63) is 88.9 Å². The number of oxazole rings is 1. The molecule has 0 aliphatic carbocycles. The highest BCUT2D eigenvalue weighted by Crippen LogP contribution is 2.26. The molecule has 4 aromatic rings. The molecule has 142 valence electrons. The third kappa shape index (κ3) is 3.78. The zero-order valence-corrected chi connectivity index (χ0v) is 14.4. The van der Waals surface area contributed by atoms with Crippen molar-refractivity contribution in [2.75, 3.05) is 0 Å². The van der Waals surface area contributed by atoms with Crippen molar-refractivity contribution >= 4 is 11.1 Å². The Kier molecular flexibility index (Phi) is 4.43. The number of hydrogen-bond acceptors (Lipinski definition) is 3. The third-order valence-electron chi connectivity index (χ3n) is 4.28. The van der Waals surface area contributed by atoms with Gasteiger partial charge in [0.25, 0.3) is 0 Å². The largest absolute Gasteiger partial charge is 0.573 e. The van der Waals surface area contributed by atoms with E-state index in [1.807, 2.05) is 54.6 Å². The second-order valence-electron chi connectivity index (χ2n) is 6.19. The van der Waals surface area contributed by atoms with E-state index >= 15 is 0 Å². The van der Waals surface area contributed by atoms with Gasteiger partial charge in [0.1, 0.15) is 5.75 Å². The monoisotopic (exact) mass is 385 g/mol. The van der Waals surface area contributed by atoms with Crippen LogP contribution in [-0.4, -0.2) is 10.9 Å². The van der Waals surface area contributed by atoms with Gasteiger partial charge in [-0.3, -0.25) is 4.57 Å². The first-order valence-corrected chi connectivity index (χ1v) is 8.42. The first-order chi connectivity index (χ1) is 13.4. The van der Waals surface area contributed by atoms with Crippen molar-refractivity contribution in [2.45, 2.75) is 12.9 Å². The van der Waals surface area contributed by atoms with Crippen molar-refractivity contribution in [2.24, 2.45) is 0 Å². The number of ether oxygens (including phenoxy) is 1. The van der Waals surface area contributed by atoms with E-state index in [0.717, 1.165) is 28.8 Å². The van der Waals surface area contributed by atoms with Gasteiger partial charge in [-0.1, -0.05) is 54.6 Å². The van der Waals surface area contributed by atoms with Crippen molar-refractivity contribution < 1.29 is 22.3 Å². The minimum absolute atomic E-state index is 0.0349. The summed E-state index contributed by atoms with van der Waals surface area (Å²) in [5, 5.41) is 0. The fourth-order valence-electron chi connectivity index (χ4n) is 3.01. The minimum atomic E-state index is -4.81. The number of hydrogen-bond donors (Lipinski definition) is 0. The SMILES string of the molecule is O=c1oc2cc(OC(F)(F)F)ccc2n1Cc1ccc(-c2ccccc2)cc1. The van der Waals surface area contributed by atoms with Gasteiger partial charge in [0.15, 0.2) is 5.58 Å². The van der Waals surface area contributed by atoms with Gasteiger partial charge in [0.05, 0.1) is 12.1 Å². The van der Waals surface area contributed by atoms with Crippen LogP contribution in [0.2, 0.25) is 0 Å². The Morgan fingerprint density at radius 1 is 0.893 bits per heavy atom. The van der Waals surface area contributed by atoms with E-state index in [9.17, 15) is 18.0 Å². The quantitative estimate of drug-likeness (QED) is 0.485. The predicted molar refractivity (Wildman–Crippen MR) is 98.1 cm³/mol. The molecular weight excluding hydrogens is 371 g/mol. The van der Waals surface area contributed by atoms with Gasteiger partial charge in [-0.2, -0.15) is 0 Å². The van der Waals surface area contributed by atoms with E-state index in [0.29, 0.717) is 5.52 Å². The summed E-state index contributed by atoms with van der Waals surface area (Å²) in [6.45, 7) is 0.236. The maximum atomic E-state index is 12.3. The average Bonchev–Trinajstić information content (AvgIpc) is 2.96. The van der Waals surface area contributed by atoms with Gasteiger partial charge < -0.3 is 9.15 Å². The highest BCUT2D eigenvalue weighted by molar-refractivity contribution is 5.75. The molecule has 0 radical (unpaired) electrons. The van der Waals surface area contributed by atoms with E-state index in [1.54, 1.807) is 0 Å². The van der Waals surface area contributed by atoms with Crippen LogP contribution >= 0.6 is 0 Å². The molecule has 0 saturated carbocycles. The summed E-state index contributed by atoms with van der Waals surface area (Å²) in [7, 11) is 0. The number of aromatic nitrogens is 1. The van der Waals surface area contributed by atoms with Crippen molar-refractivity contribution in [3.8, 4) is 16.9 Å². The Bertz CT molecular complexity index is 1160. The van der Waals surface area contributed by atoms with E-state index in [2.05, 4.69) is 4.74 Å². The molecule has 4 rings (SSSR count). The smallest absolute Gasteiger partial charge is 0.408 e. The second kappa shape index (κ2) is 6.92. The normalized spacial score (nSPS) is 11.7. The van der Waals surface area contributed by atoms with Gasteiger partial charge in [0.2, 0.25) is 0 Å². The van der Waals surface area contributed by atoms with Crippen LogP contribution in [0.25, 0.3) is 22.2 Å². The van der Waals surface area contributed by atoms with Crippen LogP contribution in [0.4, 0.5) is 13.2 Å². The summed E-state index contributed by atoms with van der Waals surface area (Å²) in [6, 6.07) is 21.1. The van der Waals surface area contributed by atoms with E-state index < -0.39 is 17.9 Å². The molecule has 0 atom stereocenters. The zero-order chi connectivity index (χ0) is 19.7. The van der Waals surface area contributed by atoms with Crippen molar-refractivity contribution in [3.63, 3.8) is 0 Å². The Balaban J connectivity index is 1.61. The Labute approximate surface area is 157 Å². The predicted octanol–water partition coefficient (Wildman–Crippen LogP) is 5.21. The van der Waals surface area contributed by atoms with Crippen LogP contribution in [0, 0.1) is 0 Å². The van der Waals surface area contributed by atoms with Crippen LogP contribution < -0.4 is 10.5 Å². The number of alkyl halides is 3. The molecule has 0 unspecified atom stereocenters. The number of fused-ring (bicyclic) bond motifs is 1. The number of nitrogens with zero attached hydrogens (tertiary/aromatic N) is 1. The van der Waals surface area contributed by atoms with Gasteiger partial charge >= 0.3 is 12.1 Å². The third-order valence-corrected chi connectivity index (χ3v) is 4.28. The second-order valence-corrected chi connectivity index (χ2v) is 6.19. The van der Waals surface area contributed by atoms with E-state index in [-0.39, 0.29) is 12.1 Å². The number of halogens is 3. The topological polar surface area (TPSA) is 44.4 Å². The maximum Gasteiger partial charge on any atom is 0.573 e. The lowest BCUT2D eigenvalue weighted by Crippen LogP contribution is -2.17. The van der Waals surface area contributed by atoms with Crippen molar-refractivity contribution in [1.82, 2.24) is 4.57 Å². The molecule has 0 saturated heterocycles. The first-order valence-electron chi connectivity index (χ1n) is 8.42. The highest BCUT2D eigenvalue weighted by Gasteiger charge is 2.31. The molecule has 0 bridgehead atoms. The molecule has 0 spiro atoms. The number of rotatable bonds is 4. The molecule has 0 N–H and O–H groups in total.